The van der Waals surface area contributed by atoms with Crippen molar-refractivity contribution in [2.75, 3.05) is 44.5 Å². The van der Waals surface area contributed by atoms with Crippen LogP contribution in [0.15, 0.2) is 30.6 Å². The minimum atomic E-state index is 0.488. The summed E-state index contributed by atoms with van der Waals surface area (Å²) in [4.78, 5) is 13.0. The van der Waals surface area contributed by atoms with E-state index in [4.69, 9.17) is 16.3 Å². The molecule has 0 spiro atoms. The van der Waals surface area contributed by atoms with E-state index in [2.05, 4.69) is 51.3 Å². The fourth-order valence-electron chi connectivity index (χ4n) is 3.12. The minimum absolute atomic E-state index is 0.488. The van der Waals surface area contributed by atoms with Gasteiger partial charge in [-0.05, 0) is 39.1 Å². The number of methoxy groups -OCH3 is 1. The maximum absolute atomic E-state index is 5.82. The van der Waals surface area contributed by atoms with Crippen molar-refractivity contribution < 1.29 is 4.74 Å². The van der Waals surface area contributed by atoms with Crippen LogP contribution in [0.5, 0.6) is 5.75 Å². The van der Waals surface area contributed by atoms with Crippen molar-refractivity contribution in [1.82, 2.24) is 14.9 Å². The molecule has 0 saturated carbocycles. The molecule has 3 rings (SSSR count). The van der Waals surface area contributed by atoms with E-state index in [-0.39, 0.29) is 0 Å². The summed E-state index contributed by atoms with van der Waals surface area (Å²) in [5.41, 5.74) is 2.01. The van der Waals surface area contributed by atoms with Crippen LogP contribution in [0.3, 0.4) is 0 Å². The Hall–Kier alpha value is -2.05. The third-order valence-electron chi connectivity index (χ3n) is 4.61. The average Bonchev–Trinajstić information content (AvgIpc) is 2.64. The summed E-state index contributed by atoms with van der Waals surface area (Å²) in [6.45, 7) is 2.11. The zero-order chi connectivity index (χ0) is 17.8. The van der Waals surface area contributed by atoms with Crippen LogP contribution in [0.25, 0.3) is 0 Å². The predicted octanol–water partition coefficient (Wildman–Crippen LogP) is 3.41. The highest BCUT2D eigenvalue weighted by molar-refractivity contribution is 6.30. The fourth-order valence-corrected chi connectivity index (χ4v) is 3.22. The second kappa shape index (κ2) is 7.89. The molecule has 1 N–H and O–H groups in total. The largest absolute Gasteiger partial charge is 0.494 e. The van der Waals surface area contributed by atoms with Gasteiger partial charge in [0.1, 0.15) is 5.75 Å². The lowest BCUT2D eigenvalue weighted by atomic mass is 10.0. The van der Waals surface area contributed by atoms with Crippen LogP contribution in [-0.2, 0) is 0 Å². The van der Waals surface area contributed by atoms with Gasteiger partial charge >= 0.3 is 0 Å². The topological polar surface area (TPSA) is 53.5 Å². The smallest absolute Gasteiger partial charge is 0.227 e. The summed E-state index contributed by atoms with van der Waals surface area (Å²) in [5.74, 6) is 1.26. The average molecular weight is 362 g/mol. The number of rotatable bonds is 5. The number of ether oxygens (including phenoxy) is 1. The molecule has 2 heterocycles. The second-order valence-electron chi connectivity index (χ2n) is 6.42. The van der Waals surface area contributed by atoms with Crippen LogP contribution in [0, 0.1) is 0 Å². The molecule has 1 aliphatic rings. The molecule has 0 aliphatic carbocycles. The maximum atomic E-state index is 5.82. The van der Waals surface area contributed by atoms with E-state index < -0.39 is 0 Å². The monoisotopic (exact) mass is 361 g/mol. The molecule has 7 heteroatoms. The van der Waals surface area contributed by atoms with Crippen LogP contribution < -0.4 is 15.0 Å². The molecule has 1 aromatic heterocycles. The molecule has 25 heavy (non-hydrogen) atoms. The molecule has 1 aliphatic heterocycles. The highest BCUT2D eigenvalue weighted by Gasteiger charge is 2.21. The molecule has 1 saturated heterocycles. The maximum Gasteiger partial charge on any atom is 0.227 e. The molecule has 0 radical (unpaired) electrons. The fraction of sp³-hybridized carbons (Fsp3) is 0.444. The highest BCUT2D eigenvalue weighted by atomic mass is 35.5. The third-order valence-corrected chi connectivity index (χ3v) is 4.81. The Morgan fingerprint density at radius 1 is 1.20 bits per heavy atom. The Balaban J connectivity index is 1.72. The van der Waals surface area contributed by atoms with E-state index in [9.17, 15) is 0 Å². The first-order valence-electron chi connectivity index (χ1n) is 8.41. The number of aromatic nitrogens is 2. The van der Waals surface area contributed by atoms with E-state index in [1.807, 2.05) is 6.07 Å². The number of benzene rings is 1. The van der Waals surface area contributed by atoms with E-state index >= 15 is 0 Å². The lowest BCUT2D eigenvalue weighted by Gasteiger charge is -2.36. The summed E-state index contributed by atoms with van der Waals surface area (Å²) < 4.78 is 5.55. The Kier molecular flexibility index (Phi) is 5.60. The van der Waals surface area contributed by atoms with Crippen molar-refractivity contribution in [3.05, 3.63) is 35.6 Å². The molecule has 134 valence electrons. The molecule has 2 aromatic rings. The molecular formula is C18H24ClN5O. The van der Waals surface area contributed by atoms with Gasteiger partial charge in [-0.1, -0.05) is 11.6 Å². The Morgan fingerprint density at radius 3 is 2.48 bits per heavy atom. The van der Waals surface area contributed by atoms with E-state index in [0.717, 1.165) is 24.5 Å². The first-order chi connectivity index (χ1) is 12.1. The second-order valence-corrected chi connectivity index (χ2v) is 6.85. The van der Waals surface area contributed by atoms with E-state index in [1.54, 1.807) is 19.5 Å². The molecule has 1 aromatic carbocycles. The summed E-state index contributed by atoms with van der Waals surface area (Å²) in [5, 5.41) is 3.68. The van der Waals surface area contributed by atoms with Gasteiger partial charge < -0.3 is 19.9 Å². The summed E-state index contributed by atoms with van der Waals surface area (Å²) in [6, 6.07) is 6.84. The number of anilines is 3. The van der Waals surface area contributed by atoms with Crippen molar-refractivity contribution in [3.8, 4) is 5.75 Å². The number of halogens is 1. The number of nitrogens with one attached hydrogen (secondary N) is 1. The van der Waals surface area contributed by atoms with Crippen LogP contribution in [0.4, 0.5) is 17.3 Å². The summed E-state index contributed by atoms with van der Waals surface area (Å²) >= 11 is 5.82. The van der Waals surface area contributed by atoms with Gasteiger partial charge in [0.2, 0.25) is 5.95 Å². The highest BCUT2D eigenvalue weighted by Crippen LogP contribution is 2.32. The van der Waals surface area contributed by atoms with Gasteiger partial charge in [0.15, 0.2) is 0 Å². The van der Waals surface area contributed by atoms with Crippen molar-refractivity contribution in [1.29, 1.82) is 0 Å². The number of hydrogen-bond donors (Lipinski definition) is 1. The van der Waals surface area contributed by atoms with Crippen LogP contribution in [-0.4, -0.2) is 55.2 Å². The summed E-state index contributed by atoms with van der Waals surface area (Å²) in [7, 11) is 5.98. The molecular weight excluding hydrogens is 338 g/mol. The van der Waals surface area contributed by atoms with Gasteiger partial charge in [0, 0.05) is 30.9 Å². The first-order valence-corrected chi connectivity index (χ1v) is 8.78. The predicted molar refractivity (Wildman–Crippen MR) is 102 cm³/mol. The first kappa shape index (κ1) is 17.8. The summed E-state index contributed by atoms with van der Waals surface area (Å²) in [6.07, 6.45) is 5.47. The van der Waals surface area contributed by atoms with E-state index in [1.165, 1.54) is 18.5 Å². The standard InChI is InChI=1S/C18H24ClN5O/c1-23(2)14-6-8-24(9-7-14)15-4-5-16(17(10-15)25-3)22-18-20-11-13(19)12-21-18/h4-5,10-12,14H,6-9H2,1-3H3,(H,20,21,22). The van der Waals surface area contributed by atoms with Crippen LogP contribution in [0.2, 0.25) is 5.02 Å². The molecule has 0 atom stereocenters. The SMILES string of the molecule is COc1cc(N2CCC(N(C)C)CC2)ccc1Nc1ncc(Cl)cn1. The molecule has 1 fully saturated rings. The van der Waals surface area contributed by atoms with Crippen molar-refractivity contribution in [2.24, 2.45) is 0 Å². The van der Waals surface area contributed by atoms with Crippen molar-refractivity contribution in [3.63, 3.8) is 0 Å². The number of hydrogen-bond acceptors (Lipinski definition) is 6. The quantitative estimate of drug-likeness (QED) is 0.880. The van der Waals surface area contributed by atoms with Gasteiger partial charge in [-0.15, -0.1) is 0 Å². The van der Waals surface area contributed by atoms with Gasteiger partial charge in [-0.2, -0.15) is 0 Å². The molecule has 0 bridgehead atoms. The van der Waals surface area contributed by atoms with Gasteiger partial charge in [-0.25, -0.2) is 9.97 Å². The normalized spacial score (nSPS) is 15.5. The van der Waals surface area contributed by atoms with Crippen LogP contribution in [0.1, 0.15) is 12.8 Å². The number of piperidine rings is 1. The van der Waals surface area contributed by atoms with Crippen LogP contribution >= 0.6 is 11.6 Å². The molecule has 0 unspecified atom stereocenters. The number of nitrogens with zero attached hydrogens (tertiary/aromatic N) is 4. The van der Waals surface area contributed by atoms with Gasteiger partial charge in [0.05, 0.1) is 30.2 Å². The molecule has 6 nitrogen and oxygen atoms in total. The Bertz CT molecular complexity index is 699. The van der Waals surface area contributed by atoms with Crippen molar-refractivity contribution >= 4 is 28.9 Å². The lowest BCUT2D eigenvalue weighted by Crippen LogP contribution is -2.41. The van der Waals surface area contributed by atoms with Gasteiger partial charge in [0.25, 0.3) is 0 Å². The third kappa shape index (κ3) is 4.32. The van der Waals surface area contributed by atoms with Gasteiger partial charge in [-0.3, -0.25) is 0 Å². The zero-order valence-electron chi connectivity index (χ0n) is 14.9. The lowest BCUT2D eigenvalue weighted by molar-refractivity contribution is 0.249. The van der Waals surface area contributed by atoms with Crippen molar-refractivity contribution in [2.45, 2.75) is 18.9 Å². The minimum Gasteiger partial charge on any atom is -0.494 e. The van der Waals surface area contributed by atoms with E-state index in [0.29, 0.717) is 17.0 Å². The Labute approximate surface area is 153 Å². The zero-order valence-corrected chi connectivity index (χ0v) is 15.6. The Morgan fingerprint density at radius 2 is 1.88 bits per heavy atom. The molecule has 0 amide bonds.